The van der Waals surface area contributed by atoms with Crippen molar-refractivity contribution in [2.75, 3.05) is 59.5 Å². The average molecular weight is 678 g/mol. The van der Waals surface area contributed by atoms with Gasteiger partial charge in [0.1, 0.15) is 0 Å². The van der Waals surface area contributed by atoms with Crippen molar-refractivity contribution in [1.82, 2.24) is 14.7 Å². The molecule has 10 nitrogen and oxygen atoms in total. The number of carboxylic acid groups (broad SMARTS) is 3. The van der Waals surface area contributed by atoms with E-state index in [1.807, 2.05) is 11.3 Å². The summed E-state index contributed by atoms with van der Waals surface area (Å²) in [5, 5.41) is 23.6. The molecule has 0 unspecified atom stereocenters. The van der Waals surface area contributed by atoms with Crippen molar-refractivity contribution >= 4 is 29.2 Å². The van der Waals surface area contributed by atoms with E-state index >= 15 is 0 Å². The predicted molar refractivity (Wildman–Crippen MR) is 136 cm³/mol. The Kier molecular flexibility index (Phi) is 15.3. The maximum atomic E-state index is 10.6. The van der Waals surface area contributed by atoms with Gasteiger partial charge >= 0.3 is 36.4 Å². The van der Waals surface area contributed by atoms with E-state index in [0.29, 0.717) is 6.10 Å². The molecule has 0 spiro atoms. The number of aliphatic carboxylic acids is 3. The molecule has 1 aromatic heterocycles. The SMILES string of the molecule is CN1CCN(C[C@H]2OC[C@@H]3CCN(Cc4cccs4)C[C@@H]32)CC1.O=C(O)C(F)(F)F.O=C(O)C(F)(F)F.O=C(O)C(F)(F)F. The summed E-state index contributed by atoms with van der Waals surface area (Å²) in [6, 6.07) is 4.44. The molecule has 0 saturated carbocycles. The molecule has 0 radical (unpaired) electrons. The Morgan fingerprint density at radius 3 is 1.73 bits per heavy atom. The zero-order chi connectivity index (χ0) is 33.9. The first-order chi connectivity index (χ1) is 20.1. The highest BCUT2D eigenvalue weighted by atomic mass is 32.1. The number of alkyl halides is 9. The third-order valence-corrected chi connectivity index (χ3v) is 7.47. The molecule has 0 aromatic carbocycles. The molecule has 3 aliphatic rings. The summed E-state index contributed by atoms with van der Waals surface area (Å²) < 4.78 is 101. The fraction of sp³-hybridized carbons (Fsp3) is 0.708. The molecule has 3 atom stereocenters. The van der Waals surface area contributed by atoms with E-state index in [1.54, 1.807) is 0 Å². The number of rotatable bonds is 4. The summed E-state index contributed by atoms with van der Waals surface area (Å²) in [6.07, 6.45) is -13.5. The van der Waals surface area contributed by atoms with Crippen molar-refractivity contribution in [3.63, 3.8) is 0 Å². The van der Waals surface area contributed by atoms with Crippen molar-refractivity contribution in [2.24, 2.45) is 11.8 Å². The number of nitrogens with zero attached hydrogens (tertiary/aromatic N) is 3. The smallest absolute Gasteiger partial charge is 0.475 e. The maximum absolute atomic E-state index is 10.6. The Morgan fingerprint density at radius 1 is 0.841 bits per heavy atom. The molecule has 3 saturated heterocycles. The minimum absolute atomic E-state index is 0.453. The number of carboxylic acids is 3. The number of fused-ring (bicyclic) bond motifs is 1. The molecule has 44 heavy (non-hydrogen) atoms. The van der Waals surface area contributed by atoms with Crippen LogP contribution in [0.5, 0.6) is 0 Å². The molecule has 3 aliphatic heterocycles. The minimum atomic E-state index is -5.08. The van der Waals surface area contributed by atoms with Gasteiger partial charge in [-0.05, 0) is 37.4 Å². The fourth-order valence-electron chi connectivity index (χ4n) is 4.34. The molecule has 254 valence electrons. The normalized spacial score (nSPS) is 23.1. The van der Waals surface area contributed by atoms with Gasteiger partial charge in [0.25, 0.3) is 0 Å². The van der Waals surface area contributed by atoms with Gasteiger partial charge < -0.3 is 25.0 Å². The lowest BCUT2D eigenvalue weighted by molar-refractivity contribution is -0.193. The van der Waals surface area contributed by atoms with E-state index < -0.39 is 36.4 Å². The van der Waals surface area contributed by atoms with Crippen molar-refractivity contribution < 1.29 is 74.0 Å². The van der Waals surface area contributed by atoms with Crippen LogP contribution in [-0.4, -0.2) is 132 Å². The topological polar surface area (TPSA) is 131 Å². The van der Waals surface area contributed by atoms with Gasteiger partial charge in [-0.2, -0.15) is 39.5 Å². The van der Waals surface area contributed by atoms with E-state index in [-0.39, 0.29) is 0 Å². The highest BCUT2D eigenvalue weighted by molar-refractivity contribution is 7.09. The summed E-state index contributed by atoms with van der Waals surface area (Å²) in [5.41, 5.74) is 0. The number of piperidine rings is 1. The summed E-state index contributed by atoms with van der Waals surface area (Å²) in [4.78, 5) is 35.9. The van der Waals surface area contributed by atoms with Gasteiger partial charge in [0.2, 0.25) is 0 Å². The lowest BCUT2D eigenvalue weighted by Gasteiger charge is -2.38. The predicted octanol–water partition coefficient (Wildman–Crippen LogP) is 3.73. The van der Waals surface area contributed by atoms with E-state index in [2.05, 4.69) is 39.3 Å². The summed E-state index contributed by atoms with van der Waals surface area (Å²) in [7, 11) is 2.23. The Balaban J connectivity index is 0.000000379. The molecular weight excluding hydrogens is 645 g/mol. The number of piperazine rings is 1. The molecule has 1 aromatic rings. The van der Waals surface area contributed by atoms with Crippen LogP contribution < -0.4 is 0 Å². The number of thiophene rings is 1. The molecule has 0 amide bonds. The van der Waals surface area contributed by atoms with Crippen LogP contribution in [0.2, 0.25) is 0 Å². The van der Waals surface area contributed by atoms with Gasteiger partial charge in [0.15, 0.2) is 0 Å². The largest absolute Gasteiger partial charge is 0.490 e. The van der Waals surface area contributed by atoms with E-state index in [0.717, 1.165) is 31.5 Å². The Labute approximate surface area is 249 Å². The first kappa shape index (κ1) is 39.3. The Bertz CT molecular complexity index is 975. The van der Waals surface area contributed by atoms with Gasteiger partial charge in [0.05, 0.1) is 12.7 Å². The third-order valence-electron chi connectivity index (χ3n) is 6.61. The maximum Gasteiger partial charge on any atom is 0.490 e. The second-order valence-electron chi connectivity index (χ2n) is 9.91. The Hall–Kier alpha value is -2.68. The highest BCUT2D eigenvalue weighted by Gasteiger charge is 2.42. The van der Waals surface area contributed by atoms with Crippen molar-refractivity contribution in [1.29, 1.82) is 0 Å². The van der Waals surface area contributed by atoms with E-state index in [1.165, 1.54) is 50.6 Å². The number of hydrogen-bond acceptors (Lipinski definition) is 8. The van der Waals surface area contributed by atoms with Crippen LogP contribution in [0.3, 0.4) is 0 Å². The average Bonchev–Trinajstić information content (AvgIpc) is 3.55. The Morgan fingerprint density at radius 2 is 1.32 bits per heavy atom. The highest BCUT2D eigenvalue weighted by Crippen LogP contribution is 2.35. The standard InChI is InChI=1S/C18H29N3OS.3C2HF3O2/c1-19-6-8-20(9-7-19)13-18-17-12-21(5-4-15(17)14-22-18)11-16-3-2-10-23-16;3*3-2(4,5)1(6)7/h2-3,10,15,17-18H,4-9,11-14H2,1H3;3*(H,6,7)/t15-,17-,18+;;;/m0.../s1. The zero-order valence-electron chi connectivity index (χ0n) is 23.2. The van der Waals surface area contributed by atoms with Gasteiger partial charge in [-0.3, -0.25) is 9.80 Å². The first-order valence-electron chi connectivity index (χ1n) is 12.8. The van der Waals surface area contributed by atoms with E-state index in [9.17, 15) is 39.5 Å². The van der Waals surface area contributed by atoms with Gasteiger partial charge in [0, 0.05) is 56.6 Å². The van der Waals surface area contributed by atoms with Gasteiger partial charge in [-0.1, -0.05) is 6.07 Å². The van der Waals surface area contributed by atoms with Crippen LogP contribution in [-0.2, 0) is 25.7 Å². The van der Waals surface area contributed by atoms with Crippen LogP contribution in [0.15, 0.2) is 17.5 Å². The van der Waals surface area contributed by atoms with Crippen LogP contribution in [0.1, 0.15) is 11.3 Å². The van der Waals surface area contributed by atoms with Crippen molar-refractivity contribution in [3.05, 3.63) is 22.4 Å². The van der Waals surface area contributed by atoms with E-state index in [4.69, 9.17) is 34.4 Å². The second-order valence-corrected chi connectivity index (χ2v) is 10.9. The fourth-order valence-corrected chi connectivity index (χ4v) is 5.09. The molecule has 20 heteroatoms. The number of likely N-dealkylation sites (tertiary alicyclic amines) is 1. The molecule has 4 rings (SSSR count). The number of ether oxygens (including phenoxy) is 1. The quantitative estimate of drug-likeness (QED) is 0.406. The van der Waals surface area contributed by atoms with Gasteiger partial charge in [-0.25, -0.2) is 14.4 Å². The van der Waals surface area contributed by atoms with Crippen molar-refractivity contribution in [3.8, 4) is 0 Å². The number of hydrogen-bond donors (Lipinski definition) is 3. The van der Waals surface area contributed by atoms with Gasteiger partial charge in [-0.15, -0.1) is 11.3 Å². The lowest BCUT2D eigenvalue weighted by atomic mass is 9.84. The zero-order valence-corrected chi connectivity index (χ0v) is 24.0. The molecule has 3 N–H and O–H groups in total. The third kappa shape index (κ3) is 14.9. The summed E-state index contributed by atoms with van der Waals surface area (Å²) in [6.45, 7) is 10.5. The van der Waals surface area contributed by atoms with Crippen molar-refractivity contribution in [2.45, 2.75) is 37.6 Å². The number of carbonyl (C=O) groups is 3. The van der Waals surface area contributed by atoms with Crippen LogP contribution in [0.4, 0.5) is 39.5 Å². The second kappa shape index (κ2) is 17.1. The monoisotopic (exact) mass is 677 g/mol. The molecule has 3 fully saturated rings. The summed E-state index contributed by atoms with van der Waals surface area (Å²) >= 11 is 1.89. The number of likely N-dealkylation sites (N-methyl/N-ethyl adjacent to an activating group) is 1. The molecular formula is C24H32F9N3O7S. The minimum Gasteiger partial charge on any atom is -0.475 e. The first-order valence-corrected chi connectivity index (χ1v) is 13.7. The van der Waals surface area contributed by atoms with Crippen LogP contribution >= 0.6 is 11.3 Å². The number of halogens is 9. The van der Waals surface area contributed by atoms with Crippen LogP contribution in [0.25, 0.3) is 0 Å². The molecule has 0 aliphatic carbocycles. The molecule has 4 heterocycles. The molecule has 0 bridgehead atoms. The lowest BCUT2D eigenvalue weighted by Crippen LogP contribution is -2.49. The summed E-state index contributed by atoms with van der Waals surface area (Å²) in [5.74, 6) is -6.73. The van der Waals surface area contributed by atoms with Crippen LogP contribution in [0, 0.1) is 11.8 Å².